The van der Waals surface area contributed by atoms with Crippen molar-refractivity contribution in [3.05, 3.63) is 35.9 Å². The van der Waals surface area contributed by atoms with Crippen LogP contribution in [0, 0.1) is 5.41 Å². The maximum atomic E-state index is 13.0. The fourth-order valence-electron chi connectivity index (χ4n) is 6.31. The maximum Gasteiger partial charge on any atom is 0.410 e. The van der Waals surface area contributed by atoms with Crippen LogP contribution in [0.1, 0.15) is 83.1 Å². The molecule has 8 heteroatoms. The molecule has 1 saturated heterocycles. The van der Waals surface area contributed by atoms with Crippen molar-refractivity contribution in [3.8, 4) is 0 Å². The molecule has 1 aromatic carbocycles. The zero-order valence-electron chi connectivity index (χ0n) is 21.2. The third-order valence-electron chi connectivity index (χ3n) is 8.51. The Hall–Kier alpha value is -2.90. The highest BCUT2D eigenvalue weighted by molar-refractivity contribution is 6.14. The first-order chi connectivity index (χ1) is 17.4. The molecule has 0 unspecified atom stereocenters. The second kappa shape index (κ2) is 10.2. The SMILES string of the molecule is CCCCN1C(=O)CC(=O)N(C2CCC3(CC2)CC(N(C(=O)OCc2ccccc2)C2CC2)C3)C1=O. The Balaban J connectivity index is 1.15. The van der Waals surface area contributed by atoms with E-state index in [4.69, 9.17) is 4.74 Å². The van der Waals surface area contributed by atoms with Crippen molar-refractivity contribution in [1.82, 2.24) is 14.7 Å². The first-order valence-electron chi connectivity index (χ1n) is 13.6. The summed E-state index contributed by atoms with van der Waals surface area (Å²) in [6.45, 7) is 2.69. The van der Waals surface area contributed by atoms with E-state index in [1.165, 1.54) is 9.80 Å². The lowest BCUT2D eigenvalue weighted by Crippen LogP contribution is -2.60. The van der Waals surface area contributed by atoms with Gasteiger partial charge in [-0.25, -0.2) is 9.59 Å². The van der Waals surface area contributed by atoms with Gasteiger partial charge >= 0.3 is 12.1 Å². The number of hydrogen-bond acceptors (Lipinski definition) is 5. The van der Waals surface area contributed by atoms with Crippen molar-refractivity contribution >= 4 is 23.9 Å². The van der Waals surface area contributed by atoms with Crippen molar-refractivity contribution in [1.29, 1.82) is 0 Å². The van der Waals surface area contributed by atoms with Gasteiger partial charge in [-0.1, -0.05) is 43.7 Å². The van der Waals surface area contributed by atoms with Crippen LogP contribution in [0.4, 0.5) is 9.59 Å². The van der Waals surface area contributed by atoms with Crippen molar-refractivity contribution in [3.63, 3.8) is 0 Å². The molecule has 0 N–H and O–H groups in total. The summed E-state index contributed by atoms with van der Waals surface area (Å²) in [7, 11) is 0. The minimum atomic E-state index is -0.432. The average molecular weight is 496 g/mol. The quantitative estimate of drug-likeness (QED) is 0.481. The molecule has 3 saturated carbocycles. The standard InChI is InChI=1S/C28H37N3O5/c1-2-3-15-29-24(32)16-25(33)31(26(29)34)22-11-13-28(14-12-22)17-23(18-28)30(21-9-10-21)27(35)36-19-20-7-5-4-6-8-20/h4-8,21-23H,2-3,9-19H2,1H3. The summed E-state index contributed by atoms with van der Waals surface area (Å²) in [5, 5.41) is 0. The Labute approximate surface area is 212 Å². The van der Waals surface area contributed by atoms with Crippen LogP contribution in [-0.2, 0) is 20.9 Å². The molecule has 1 heterocycles. The number of benzene rings is 1. The number of unbranched alkanes of at least 4 members (excludes halogenated alkanes) is 1. The summed E-state index contributed by atoms with van der Waals surface area (Å²) in [6, 6.07) is 9.69. The fraction of sp³-hybridized carbons (Fsp3) is 0.643. The highest BCUT2D eigenvalue weighted by Gasteiger charge is 2.53. The van der Waals surface area contributed by atoms with Crippen LogP contribution in [-0.4, -0.2) is 63.3 Å². The summed E-state index contributed by atoms with van der Waals surface area (Å²) in [5.41, 5.74) is 1.16. The van der Waals surface area contributed by atoms with Crippen LogP contribution in [0.3, 0.4) is 0 Å². The van der Waals surface area contributed by atoms with Gasteiger partial charge in [0.05, 0.1) is 0 Å². The number of hydrogen-bond donors (Lipinski definition) is 0. The Bertz CT molecular complexity index is 992. The van der Waals surface area contributed by atoms with E-state index in [9.17, 15) is 19.2 Å². The Morgan fingerprint density at radius 2 is 1.69 bits per heavy atom. The molecule has 0 aromatic heterocycles. The molecule has 194 valence electrons. The molecule has 3 aliphatic carbocycles. The number of rotatable bonds is 8. The van der Waals surface area contributed by atoms with Crippen molar-refractivity contribution in [2.75, 3.05) is 6.54 Å². The number of urea groups is 1. The summed E-state index contributed by atoms with van der Waals surface area (Å²) in [5.74, 6) is -0.727. The van der Waals surface area contributed by atoms with Gasteiger partial charge in [0.1, 0.15) is 13.0 Å². The van der Waals surface area contributed by atoms with Crippen LogP contribution in [0.2, 0.25) is 0 Å². The Morgan fingerprint density at radius 3 is 2.33 bits per heavy atom. The van der Waals surface area contributed by atoms with Crippen LogP contribution in [0.25, 0.3) is 0 Å². The van der Waals surface area contributed by atoms with Gasteiger partial charge in [0.25, 0.3) is 0 Å². The normalized spacial score (nSPS) is 28.3. The molecule has 1 aromatic rings. The molecule has 1 spiro atoms. The van der Waals surface area contributed by atoms with E-state index in [1.807, 2.05) is 42.2 Å². The molecule has 0 radical (unpaired) electrons. The largest absolute Gasteiger partial charge is 0.445 e. The van der Waals surface area contributed by atoms with E-state index >= 15 is 0 Å². The van der Waals surface area contributed by atoms with Crippen molar-refractivity contribution in [2.24, 2.45) is 5.41 Å². The molecule has 36 heavy (non-hydrogen) atoms. The van der Waals surface area contributed by atoms with E-state index in [0.717, 1.165) is 69.8 Å². The lowest BCUT2D eigenvalue weighted by molar-refractivity contribution is -0.145. The second-order valence-electron chi connectivity index (χ2n) is 11.1. The minimum Gasteiger partial charge on any atom is -0.445 e. The van der Waals surface area contributed by atoms with E-state index in [1.54, 1.807) is 0 Å². The molecule has 1 aliphatic heterocycles. The lowest BCUT2D eigenvalue weighted by atomic mass is 9.57. The van der Waals surface area contributed by atoms with Gasteiger partial charge in [-0.05, 0) is 68.8 Å². The van der Waals surface area contributed by atoms with E-state index in [0.29, 0.717) is 12.6 Å². The zero-order valence-corrected chi connectivity index (χ0v) is 21.2. The number of ether oxygens (including phenoxy) is 1. The molecule has 5 amide bonds. The Kier molecular flexibility index (Phi) is 7.04. The summed E-state index contributed by atoms with van der Waals surface area (Å²) in [6.07, 6.45) is 8.62. The van der Waals surface area contributed by atoms with Gasteiger partial charge in [-0.15, -0.1) is 0 Å². The predicted molar refractivity (Wildman–Crippen MR) is 133 cm³/mol. The summed E-state index contributed by atoms with van der Waals surface area (Å²) >= 11 is 0. The Morgan fingerprint density at radius 1 is 1.00 bits per heavy atom. The van der Waals surface area contributed by atoms with Gasteiger partial charge in [-0.2, -0.15) is 0 Å². The van der Waals surface area contributed by atoms with Gasteiger partial charge in [0.15, 0.2) is 0 Å². The number of carbonyl (C=O) groups is 4. The monoisotopic (exact) mass is 495 g/mol. The highest BCUT2D eigenvalue weighted by Crippen LogP contribution is 2.55. The maximum absolute atomic E-state index is 13.0. The van der Waals surface area contributed by atoms with Gasteiger partial charge in [0, 0.05) is 24.7 Å². The average Bonchev–Trinajstić information content (AvgIpc) is 3.68. The number of carbonyl (C=O) groups excluding carboxylic acids is 4. The first-order valence-corrected chi connectivity index (χ1v) is 13.6. The third kappa shape index (κ3) is 5.00. The summed E-state index contributed by atoms with van der Waals surface area (Å²) in [4.78, 5) is 55.5. The molecule has 4 fully saturated rings. The van der Waals surface area contributed by atoms with Crippen LogP contribution >= 0.6 is 0 Å². The number of imide groups is 2. The molecule has 5 rings (SSSR count). The molecule has 0 bridgehead atoms. The van der Waals surface area contributed by atoms with E-state index in [-0.39, 0.29) is 48.4 Å². The van der Waals surface area contributed by atoms with Crippen molar-refractivity contribution in [2.45, 2.75) is 102 Å². The van der Waals surface area contributed by atoms with Gasteiger partial charge < -0.3 is 9.64 Å². The summed E-state index contributed by atoms with van der Waals surface area (Å²) < 4.78 is 5.66. The molecular weight excluding hydrogens is 458 g/mol. The highest BCUT2D eigenvalue weighted by atomic mass is 16.6. The molecule has 8 nitrogen and oxygen atoms in total. The van der Waals surface area contributed by atoms with Crippen molar-refractivity contribution < 1.29 is 23.9 Å². The first kappa shape index (κ1) is 24.8. The smallest absolute Gasteiger partial charge is 0.410 e. The van der Waals surface area contributed by atoms with E-state index in [2.05, 4.69) is 0 Å². The lowest BCUT2D eigenvalue weighted by Gasteiger charge is -2.55. The number of amides is 5. The van der Waals surface area contributed by atoms with Gasteiger partial charge in [0.2, 0.25) is 11.8 Å². The number of nitrogens with zero attached hydrogens (tertiary/aromatic N) is 3. The van der Waals surface area contributed by atoms with Crippen LogP contribution in [0.15, 0.2) is 30.3 Å². The predicted octanol–water partition coefficient (Wildman–Crippen LogP) is 4.86. The number of barbiturate groups is 1. The zero-order chi connectivity index (χ0) is 25.3. The van der Waals surface area contributed by atoms with Crippen LogP contribution in [0.5, 0.6) is 0 Å². The van der Waals surface area contributed by atoms with Gasteiger partial charge in [-0.3, -0.25) is 19.4 Å². The van der Waals surface area contributed by atoms with Crippen LogP contribution < -0.4 is 0 Å². The molecular formula is C28H37N3O5. The fourth-order valence-corrected chi connectivity index (χ4v) is 6.31. The second-order valence-corrected chi connectivity index (χ2v) is 11.1. The molecule has 4 aliphatic rings. The topological polar surface area (TPSA) is 87.2 Å². The molecule has 0 atom stereocenters. The minimum absolute atomic E-state index is 0.137. The van der Waals surface area contributed by atoms with E-state index < -0.39 is 6.03 Å². The third-order valence-corrected chi connectivity index (χ3v) is 8.51.